The summed E-state index contributed by atoms with van der Waals surface area (Å²) in [6.07, 6.45) is 4.81. The van der Waals surface area contributed by atoms with Gasteiger partial charge in [0.05, 0.1) is 41.4 Å². The maximum absolute atomic E-state index is 14.1. The molecule has 4 aliphatic heterocycles. The fourth-order valence-corrected chi connectivity index (χ4v) is 7.09. The van der Waals surface area contributed by atoms with Crippen LogP contribution in [0.4, 0.5) is 0 Å². The molecule has 3 N–H and O–H groups in total. The number of hydrogen-bond acceptors (Lipinski definition) is 13. The normalized spacial score (nSPS) is 37.6. The summed E-state index contributed by atoms with van der Waals surface area (Å²) in [5.74, 6) is -9.72. The lowest BCUT2D eigenvalue weighted by Gasteiger charge is -2.38. The van der Waals surface area contributed by atoms with Gasteiger partial charge in [-0.15, -0.1) is 0 Å². The number of carbonyl (C=O) groups excluding carboxylic acids is 5. The number of aliphatic hydroxyl groups excluding tert-OH is 2. The highest BCUT2D eigenvalue weighted by molar-refractivity contribution is 6.17. The number of allylic oxidation sites excluding steroid dienone is 3. The molecule has 1 spiro atoms. The Morgan fingerprint density at radius 3 is 2.33 bits per heavy atom. The smallest absolute Gasteiger partial charge is 0.335 e. The van der Waals surface area contributed by atoms with Crippen molar-refractivity contribution in [2.45, 2.75) is 84.5 Å². The van der Waals surface area contributed by atoms with E-state index in [-0.39, 0.29) is 33.7 Å². The molecule has 1 aromatic carbocycles. The lowest BCUT2D eigenvalue weighted by atomic mass is 9.78. The van der Waals surface area contributed by atoms with E-state index in [1.807, 2.05) is 0 Å². The van der Waals surface area contributed by atoms with Crippen LogP contribution in [0.25, 0.3) is 0 Å². The van der Waals surface area contributed by atoms with Crippen molar-refractivity contribution in [2.75, 3.05) is 13.7 Å². The molecule has 280 valence electrons. The number of fused-ring (bicyclic) bond motifs is 13. The van der Waals surface area contributed by atoms with E-state index in [9.17, 15) is 34.2 Å². The number of amides is 1. The number of nitrogens with one attached hydrogen (secondary N) is 1. The first kappa shape index (κ1) is 38.6. The lowest BCUT2D eigenvalue weighted by Crippen LogP contribution is -2.46. The van der Waals surface area contributed by atoms with E-state index in [2.05, 4.69) is 5.32 Å². The third-order valence-corrected chi connectivity index (χ3v) is 10.2. The van der Waals surface area contributed by atoms with E-state index in [0.29, 0.717) is 0 Å². The van der Waals surface area contributed by atoms with Gasteiger partial charge in [-0.25, -0.2) is 4.79 Å². The first-order chi connectivity index (χ1) is 24.4. The van der Waals surface area contributed by atoms with Crippen LogP contribution in [0.3, 0.4) is 0 Å². The number of aliphatic hydroxyl groups is 2. The topological polar surface area (TPSA) is 193 Å². The van der Waals surface area contributed by atoms with E-state index in [0.717, 1.165) is 6.08 Å². The predicted molar refractivity (Wildman–Crippen MR) is 182 cm³/mol. The first-order valence-electron chi connectivity index (χ1n) is 17.1. The molecule has 5 bridgehead atoms. The second-order valence-corrected chi connectivity index (χ2v) is 13.9. The maximum atomic E-state index is 14.1. The lowest BCUT2D eigenvalue weighted by molar-refractivity contribution is -0.161. The van der Waals surface area contributed by atoms with Crippen LogP contribution < -0.4 is 10.1 Å². The molecule has 0 aromatic heterocycles. The van der Waals surface area contributed by atoms with Gasteiger partial charge in [0.25, 0.3) is 17.5 Å². The number of ketones is 2. The van der Waals surface area contributed by atoms with Crippen LogP contribution in [0.2, 0.25) is 0 Å². The summed E-state index contributed by atoms with van der Waals surface area (Å²) >= 11 is 0. The third kappa shape index (κ3) is 7.07. The van der Waals surface area contributed by atoms with Gasteiger partial charge in [0.2, 0.25) is 5.78 Å². The molecule has 14 nitrogen and oxygen atoms in total. The van der Waals surface area contributed by atoms with Crippen molar-refractivity contribution in [1.82, 2.24) is 5.32 Å². The monoisotopic (exact) mass is 723 g/mol. The van der Waals surface area contributed by atoms with Crippen LogP contribution >= 0.6 is 0 Å². The second kappa shape index (κ2) is 14.8. The molecule has 5 aliphatic rings. The van der Waals surface area contributed by atoms with Crippen LogP contribution in [0.1, 0.15) is 74.7 Å². The minimum absolute atomic E-state index is 0.0373. The number of esters is 2. The molecule has 0 radical (unpaired) electrons. The van der Waals surface area contributed by atoms with Crippen molar-refractivity contribution in [3.05, 3.63) is 76.7 Å². The van der Waals surface area contributed by atoms with Gasteiger partial charge >= 0.3 is 17.7 Å². The summed E-state index contributed by atoms with van der Waals surface area (Å²) < 4.78 is 34.7. The zero-order valence-electron chi connectivity index (χ0n) is 30.3. The molecule has 1 aliphatic carbocycles. The highest BCUT2D eigenvalue weighted by atomic mass is 16.8. The van der Waals surface area contributed by atoms with Gasteiger partial charge in [-0.05, 0) is 25.1 Å². The van der Waals surface area contributed by atoms with Crippen molar-refractivity contribution < 1.29 is 62.6 Å². The number of methoxy groups -OCH3 is 1. The molecule has 1 amide bonds. The zero-order chi connectivity index (χ0) is 38.3. The van der Waals surface area contributed by atoms with Gasteiger partial charge in [0.1, 0.15) is 18.5 Å². The van der Waals surface area contributed by atoms with Gasteiger partial charge in [0.15, 0.2) is 0 Å². The fraction of sp³-hybridized carbons (Fsp3) is 0.500. The van der Waals surface area contributed by atoms with Gasteiger partial charge in [-0.3, -0.25) is 19.2 Å². The largest absolute Gasteiger partial charge is 0.462 e. The van der Waals surface area contributed by atoms with Crippen LogP contribution in [0.15, 0.2) is 60.0 Å². The molecule has 6 rings (SSSR count). The van der Waals surface area contributed by atoms with Crippen molar-refractivity contribution in [2.24, 2.45) is 23.7 Å². The second-order valence-electron chi connectivity index (χ2n) is 13.9. The minimum atomic E-state index is -2.04. The highest BCUT2D eigenvalue weighted by Gasteiger charge is 2.56. The number of benzene rings is 1. The Bertz CT molecular complexity index is 1780. The number of hydrogen-bond donors (Lipinski definition) is 3. The molecule has 1 aromatic rings. The number of rotatable bonds is 2. The molecule has 1 fully saturated rings. The third-order valence-electron chi connectivity index (χ3n) is 10.2. The number of carbonyl (C=O) groups is 5. The van der Waals surface area contributed by atoms with Crippen molar-refractivity contribution >= 4 is 29.4 Å². The van der Waals surface area contributed by atoms with E-state index in [4.69, 9.17) is 28.4 Å². The van der Waals surface area contributed by atoms with Gasteiger partial charge in [-0.1, -0.05) is 45.9 Å². The average Bonchev–Trinajstić information content (AvgIpc) is 3.60. The van der Waals surface area contributed by atoms with Crippen molar-refractivity contribution in [1.29, 1.82) is 0 Å². The molecule has 14 heteroatoms. The summed E-state index contributed by atoms with van der Waals surface area (Å²) in [7, 11) is 1.44. The zero-order valence-corrected chi connectivity index (χ0v) is 30.3. The number of Topliss-reactive ketones (excluding diaryl/α,β-unsaturated/α-hetero) is 2. The van der Waals surface area contributed by atoms with Crippen molar-refractivity contribution in [3.63, 3.8) is 0 Å². The van der Waals surface area contributed by atoms with Crippen LogP contribution in [-0.2, 0) is 43.9 Å². The number of ether oxygens (including phenoxy) is 6. The highest BCUT2D eigenvalue weighted by Crippen LogP contribution is 2.49. The molecular formula is C38H45NO13. The SMILES string of the molecule is CO[C@H]1/C=C/O[C@@]2(C)Oc3ccc4c(c3C2=O)[C@]2(C=C(NC(=O)/C(C)=C\C=C\[C@H](C)[C@H](O)[C@@H](C)[C@@H](O)[C@@H](C)[C@H](OC(C)=O)[C@@H]1C)C4=O)OCC(=O)O2. The van der Waals surface area contributed by atoms with Crippen LogP contribution in [0, 0.1) is 23.7 Å². The summed E-state index contributed by atoms with van der Waals surface area (Å²) in [5.41, 5.74) is -0.271. The van der Waals surface area contributed by atoms with E-state index in [1.54, 1.807) is 39.8 Å². The summed E-state index contributed by atoms with van der Waals surface area (Å²) in [4.78, 5) is 65.9. The molecule has 0 unspecified atom stereocenters. The standard InChI is InChI=1S/C38H45NO13/c1-18-10-9-11-19(2)36(46)39-25-16-38(49-17-28(41)52-38)30-24(33(25)44)12-13-27-29(30)35(45)37(7,51-27)48-15-14-26(47-8)20(3)34(50-23(6)40)22(5)32(43)21(4)31(18)42/h9-16,18,20-22,26,31-32,34,42-43H,17H2,1-8H3,(H,39,46)/b10-9+,15-14+,19-11-/t18-,20+,21+,22+,26-,31-,32+,34+,37-,38+/m0/s1. The molecule has 10 atom stereocenters. The van der Waals surface area contributed by atoms with E-state index >= 15 is 0 Å². The fourth-order valence-electron chi connectivity index (χ4n) is 7.09. The van der Waals surface area contributed by atoms with Crippen LogP contribution in [0.5, 0.6) is 5.75 Å². The Hall–Kier alpha value is -4.63. The molecule has 4 heterocycles. The molecule has 0 saturated carbocycles. The Morgan fingerprint density at radius 1 is 0.981 bits per heavy atom. The summed E-state index contributed by atoms with van der Waals surface area (Å²) in [6.45, 7) is 10.6. The van der Waals surface area contributed by atoms with Crippen molar-refractivity contribution in [3.8, 4) is 5.75 Å². The Balaban J connectivity index is 1.60. The summed E-state index contributed by atoms with van der Waals surface area (Å²) in [6, 6.07) is 2.79. The van der Waals surface area contributed by atoms with E-state index in [1.165, 1.54) is 58.4 Å². The Kier molecular flexibility index (Phi) is 11.0. The summed E-state index contributed by atoms with van der Waals surface area (Å²) in [5, 5.41) is 25.2. The maximum Gasteiger partial charge on any atom is 0.335 e. The van der Waals surface area contributed by atoms with E-state index < -0.39 is 95.7 Å². The van der Waals surface area contributed by atoms with Gasteiger partial charge < -0.3 is 44.0 Å². The first-order valence-corrected chi connectivity index (χ1v) is 17.1. The molecular weight excluding hydrogens is 678 g/mol. The Labute approximate surface area is 301 Å². The molecule has 1 saturated heterocycles. The van der Waals surface area contributed by atoms with Gasteiger partial charge in [-0.2, -0.15) is 0 Å². The minimum Gasteiger partial charge on any atom is -0.462 e. The van der Waals surface area contributed by atoms with Crippen LogP contribution in [-0.4, -0.2) is 83.5 Å². The predicted octanol–water partition coefficient (Wildman–Crippen LogP) is 3.16. The van der Waals surface area contributed by atoms with Gasteiger partial charge in [0, 0.05) is 61.8 Å². The molecule has 52 heavy (non-hydrogen) atoms. The quantitative estimate of drug-likeness (QED) is 0.377. The Morgan fingerprint density at radius 2 is 1.69 bits per heavy atom. The average molecular weight is 724 g/mol.